The van der Waals surface area contributed by atoms with Gasteiger partial charge in [0, 0.05) is 40.0 Å². The molecule has 0 bridgehead atoms. The van der Waals surface area contributed by atoms with Gasteiger partial charge in [0.15, 0.2) is 5.96 Å². The second-order valence-corrected chi connectivity index (χ2v) is 6.19. The molecule has 10 heteroatoms. The number of benzene rings is 1. The van der Waals surface area contributed by atoms with Gasteiger partial charge in [-0.25, -0.2) is 4.39 Å². The number of ether oxygens (including phenoxy) is 2. The number of halogens is 5. The van der Waals surface area contributed by atoms with Crippen molar-refractivity contribution in [2.24, 2.45) is 4.99 Å². The first kappa shape index (κ1) is 24.9. The lowest BCUT2D eigenvalue weighted by Gasteiger charge is -2.22. The average molecular weight is 519 g/mol. The highest BCUT2D eigenvalue weighted by molar-refractivity contribution is 14.0. The molecule has 28 heavy (non-hydrogen) atoms. The van der Waals surface area contributed by atoms with Crippen molar-refractivity contribution >= 4 is 29.9 Å². The van der Waals surface area contributed by atoms with Crippen LogP contribution in [0.25, 0.3) is 0 Å². The SMILES string of the molecule is CN=C(NCCCOC1CCOCC1)NCc1ccc(F)cc1C(F)(F)F.I. The highest BCUT2D eigenvalue weighted by Gasteiger charge is 2.33. The van der Waals surface area contributed by atoms with E-state index in [0.29, 0.717) is 25.2 Å². The molecule has 160 valence electrons. The molecule has 0 radical (unpaired) electrons. The van der Waals surface area contributed by atoms with Gasteiger partial charge in [-0.05, 0) is 37.0 Å². The van der Waals surface area contributed by atoms with Gasteiger partial charge in [-0.15, -0.1) is 24.0 Å². The Bertz CT molecular complexity index is 623. The summed E-state index contributed by atoms with van der Waals surface area (Å²) in [5.41, 5.74) is -1.04. The molecule has 1 aromatic rings. The number of alkyl halides is 3. The largest absolute Gasteiger partial charge is 0.416 e. The normalized spacial score (nSPS) is 15.8. The monoisotopic (exact) mass is 519 g/mol. The van der Waals surface area contributed by atoms with E-state index in [-0.39, 0.29) is 42.2 Å². The minimum atomic E-state index is -4.61. The van der Waals surface area contributed by atoms with Crippen LogP contribution in [0.5, 0.6) is 0 Å². The van der Waals surface area contributed by atoms with Gasteiger partial charge in [-0.3, -0.25) is 4.99 Å². The van der Waals surface area contributed by atoms with Crippen molar-refractivity contribution in [3.05, 3.63) is 35.1 Å². The van der Waals surface area contributed by atoms with E-state index in [1.54, 1.807) is 0 Å². The first-order chi connectivity index (χ1) is 12.9. The second-order valence-electron chi connectivity index (χ2n) is 6.19. The number of nitrogens with one attached hydrogen (secondary N) is 2. The van der Waals surface area contributed by atoms with Crippen molar-refractivity contribution in [3.8, 4) is 0 Å². The van der Waals surface area contributed by atoms with E-state index in [0.717, 1.165) is 44.6 Å². The highest BCUT2D eigenvalue weighted by atomic mass is 127. The maximum absolute atomic E-state index is 13.1. The van der Waals surface area contributed by atoms with Crippen LogP contribution in [0.1, 0.15) is 30.4 Å². The van der Waals surface area contributed by atoms with E-state index >= 15 is 0 Å². The van der Waals surface area contributed by atoms with Crippen LogP contribution in [0.3, 0.4) is 0 Å². The summed E-state index contributed by atoms with van der Waals surface area (Å²) in [6.07, 6.45) is -1.85. The summed E-state index contributed by atoms with van der Waals surface area (Å²) in [6.45, 7) is 2.49. The Morgan fingerprint density at radius 1 is 1.25 bits per heavy atom. The minimum Gasteiger partial charge on any atom is -0.381 e. The third kappa shape index (κ3) is 8.48. The van der Waals surface area contributed by atoms with Crippen molar-refractivity contribution < 1.29 is 27.0 Å². The Balaban J connectivity index is 0.00000392. The van der Waals surface area contributed by atoms with Crippen molar-refractivity contribution in [1.29, 1.82) is 0 Å². The lowest BCUT2D eigenvalue weighted by atomic mass is 10.1. The first-order valence-corrected chi connectivity index (χ1v) is 8.89. The molecule has 0 saturated carbocycles. The molecule has 0 atom stereocenters. The van der Waals surface area contributed by atoms with Gasteiger partial charge >= 0.3 is 6.18 Å². The summed E-state index contributed by atoms with van der Waals surface area (Å²) in [7, 11) is 1.53. The number of hydrogen-bond donors (Lipinski definition) is 2. The molecule has 0 unspecified atom stereocenters. The summed E-state index contributed by atoms with van der Waals surface area (Å²) in [6, 6.07) is 2.64. The summed E-state index contributed by atoms with van der Waals surface area (Å²) >= 11 is 0. The lowest BCUT2D eigenvalue weighted by Crippen LogP contribution is -2.38. The summed E-state index contributed by atoms with van der Waals surface area (Å²) in [5, 5.41) is 5.84. The van der Waals surface area contributed by atoms with Gasteiger partial charge in [0.2, 0.25) is 0 Å². The molecule has 0 spiro atoms. The molecular formula is C18H26F4IN3O2. The molecule has 2 rings (SSSR count). The van der Waals surface area contributed by atoms with Gasteiger partial charge in [0.25, 0.3) is 0 Å². The van der Waals surface area contributed by atoms with Crippen LogP contribution in [0.4, 0.5) is 17.6 Å². The maximum Gasteiger partial charge on any atom is 0.416 e. The molecule has 2 N–H and O–H groups in total. The standard InChI is InChI=1S/C18H25F4N3O2.HI/c1-23-17(24-7-2-8-27-15-5-9-26-10-6-15)25-12-13-3-4-14(19)11-16(13)18(20,21)22;/h3-4,11,15H,2,5-10,12H2,1H3,(H2,23,24,25);1H. The van der Waals surface area contributed by atoms with Gasteiger partial charge < -0.3 is 20.1 Å². The number of rotatable bonds is 7. The van der Waals surface area contributed by atoms with Gasteiger partial charge in [-0.2, -0.15) is 13.2 Å². The topological polar surface area (TPSA) is 54.9 Å². The van der Waals surface area contributed by atoms with E-state index in [1.165, 1.54) is 7.05 Å². The zero-order valence-corrected chi connectivity index (χ0v) is 18.0. The molecule has 0 aromatic heterocycles. The zero-order valence-electron chi connectivity index (χ0n) is 15.7. The van der Waals surface area contributed by atoms with Crippen LogP contribution in [0.15, 0.2) is 23.2 Å². The number of nitrogens with zero attached hydrogens (tertiary/aromatic N) is 1. The molecular weight excluding hydrogens is 493 g/mol. The maximum atomic E-state index is 13.1. The van der Waals surface area contributed by atoms with E-state index in [9.17, 15) is 17.6 Å². The highest BCUT2D eigenvalue weighted by Crippen LogP contribution is 2.32. The van der Waals surface area contributed by atoms with Gasteiger partial charge in [0.1, 0.15) is 5.82 Å². The number of guanidine groups is 1. The minimum absolute atomic E-state index is 0. The fraction of sp³-hybridized carbons (Fsp3) is 0.611. The molecule has 1 aliphatic heterocycles. The zero-order chi connectivity index (χ0) is 19.7. The molecule has 5 nitrogen and oxygen atoms in total. The number of aliphatic imine (C=N–C) groups is 1. The van der Waals surface area contributed by atoms with Crippen molar-refractivity contribution in [2.45, 2.75) is 38.1 Å². The van der Waals surface area contributed by atoms with Crippen LogP contribution >= 0.6 is 24.0 Å². The van der Waals surface area contributed by atoms with E-state index in [2.05, 4.69) is 15.6 Å². The molecule has 1 heterocycles. The fourth-order valence-electron chi connectivity index (χ4n) is 2.74. The Kier molecular flexibility index (Phi) is 11.1. The predicted molar refractivity (Wildman–Crippen MR) is 109 cm³/mol. The smallest absolute Gasteiger partial charge is 0.381 e. The Morgan fingerprint density at radius 3 is 2.61 bits per heavy atom. The Labute approximate surface area is 179 Å². The predicted octanol–water partition coefficient (Wildman–Crippen LogP) is 3.71. The third-order valence-corrected chi connectivity index (χ3v) is 4.18. The Hall–Kier alpha value is -1.14. The van der Waals surface area contributed by atoms with E-state index < -0.39 is 17.6 Å². The molecule has 1 aromatic carbocycles. The number of hydrogen-bond acceptors (Lipinski definition) is 3. The first-order valence-electron chi connectivity index (χ1n) is 8.89. The van der Waals surface area contributed by atoms with Crippen molar-refractivity contribution in [1.82, 2.24) is 10.6 Å². The quantitative estimate of drug-likeness (QED) is 0.190. The lowest BCUT2D eigenvalue weighted by molar-refractivity contribution is -0.138. The van der Waals surface area contributed by atoms with E-state index in [1.807, 2.05) is 0 Å². The molecule has 0 amide bonds. The average Bonchev–Trinajstić information content (AvgIpc) is 2.65. The van der Waals surface area contributed by atoms with Gasteiger partial charge in [0.05, 0.1) is 11.7 Å². The van der Waals surface area contributed by atoms with Crippen molar-refractivity contribution in [2.75, 3.05) is 33.4 Å². The van der Waals surface area contributed by atoms with Crippen LogP contribution in [-0.2, 0) is 22.2 Å². The van der Waals surface area contributed by atoms with E-state index in [4.69, 9.17) is 9.47 Å². The molecule has 1 saturated heterocycles. The fourth-order valence-corrected chi connectivity index (χ4v) is 2.74. The second kappa shape index (κ2) is 12.4. The molecule has 1 aliphatic rings. The summed E-state index contributed by atoms with van der Waals surface area (Å²) in [4.78, 5) is 3.98. The summed E-state index contributed by atoms with van der Waals surface area (Å²) in [5.74, 6) is -0.545. The third-order valence-electron chi connectivity index (χ3n) is 4.18. The van der Waals surface area contributed by atoms with Crippen molar-refractivity contribution in [3.63, 3.8) is 0 Å². The van der Waals surface area contributed by atoms with Crippen LogP contribution in [0, 0.1) is 5.82 Å². The van der Waals surface area contributed by atoms with Gasteiger partial charge in [-0.1, -0.05) is 6.07 Å². The van der Waals surface area contributed by atoms with Crippen LogP contribution in [0.2, 0.25) is 0 Å². The Morgan fingerprint density at radius 2 is 1.96 bits per heavy atom. The summed E-state index contributed by atoms with van der Waals surface area (Å²) < 4.78 is 63.2. The molecule has 1 fully saturated rings. The van der Waals surface area contributed by atoms with Crippen LogP contribution in [-0.4, -0.2) is 45.5 Å². The molecule has 0 aliphatic carbocycles. The van der Waals surface area contributed by atoms with Crippen LogP contribution < -0.4 is 10.6 Å².